The molecule has 0 saturated carbocycles. The van der Waals surface area contributed by atoms with E-state index in [1.807, 2.05) is 12.1 Å². The molecule has 1 aromatic carbocycles. The van der Waals surface area contributed by atoms with Crippen LogP contribution in [0.15, 0.2) is 45.8 Å². The molecule has 0 N–H and O–H groups in total. The molecule has 0 spiro atoms. The zero-order valence-corrected chi connectivity index (χ0v) is 10.0. The second-order valence-corrected chi connectivity index (χ2v) is 4.02. The molecule has 88 valence electrons. The molecule has 2 rings (SSSR count). The molecule has 4 heteroatoms. The molecular formula is C13H11ClO3. The minimum absolute atomic E-state index is 0.178. The predicted octanol–water partition coefficient (Wildman–Crippen LogP) is 3.18. The average molecular weight is 251 g/mol. The minimum atomic E-state index is -0.178. The molecule has 1 aromatic heterocycles. The topological polar surface area (TPSA) is 39.4 Å². The molecule has 0 bridgehead atoms. The monoisotopic (exact) mass is 250 g/mol. The van der Waals surface area contributed by atoms with Gasteiger partial charge in [-0.25, -0.2) is 0 Å². The summed E-state index contributed by atoms with van der Waals surface area (Å²) in [5, 5.41) is 0.671. The van der Waals surface area contributed by atoms with E-state index in [9.17, 15) is 4.79 Å². The van der Waals surface area contributed by atoms with Gasteiger partial charge in [0.2, 0.25) is 11.2 Å². The Labute approximate surface area is 104 Å². The van der Waals surface area contributed by atoms with Crippen LogP contribution >= 0.6 is 11.6 Å². The maximum absolute atomic E-state index is 11.5. The molecule has 17 heavy (non-hydrogen) atoms. The number of halogens is 1. The number of benzene rings is 1. The Hall–Kier alpha value is -1.74. The largest absolute Gasteiger partial charge is 0.482 e. The first-order chi connectivity index (χ1) is 8.16. The van der Waals surface area contributed by atoms with Gasteiger partial charge < -0.3 is 9.15 Å². The molecule has 0 radical (unpaired) electrons. The van der Waals surface area contributed by atoms with Crippen LogP contribution in [-0.2, 0) is 6.61 Å². The van der Waals surface area contributed by atoms with Crippen molar-refractivity contribution in [2.75, 3.05) is 0 Å². The summed E-state index contributed by atoms with van der Waals surface area (Å²) in [6.45, 7) is 2.01. The minimum Gasteiger partial charge on any atom is -0.482 e. The number of ether oxygens (including phenoxy) is 1. The molecule has 0 unspecified atom stereocenters. The summed E-state index contributed by atoms with van der Waals surface area (Å²) < 4.78 is 10.5. The van der Waals surface area contributed by atoms with Gasteiger partial charge in [0.1, 0.15) is 12.4 Å². The SMILES string of the molecule is Cc1occc(=O)c1OCc1ccc(Cl)cc1. The van der Waals surface area contributed by atoms with Gasteiger partial charge in [-0.1, -0.05) is 23.7 Å². The van der Waals surface area contributed by atoms with Crippen LogP contribution in [0.5, 0.6) is 5.75 Å². The fourth-order valence-corrected chi connectivity index (χ4v) is 1.54. The lowest BCUT2D eigenvalue weighted by molar-refractivity contribution is 0.286. The lowest BCUT2D eigenvalue weighted by Crippen LogP contribution is -2.08. The number of rotatable bonds is 3. The smallest absolute Gasteiger partial charge is 0.227 e. The van der Waals surface area contributed by atoms with Gasteiger partial charge in [-0.15, -0.1) is 0 Å². The fraction of sp³-hybridized carbons (Fsp3) is 0.154. The molecular weight excluding hydrogens is 240 g/mol. The zero-order valence-electron chi connectivity index (χ0n) is 9.27. The van der Waals surface area contributed by atoms with Gasteiger partial charge in [0.15, 0.2) is 0 Å². The Kier molecular flexibility index (Phi) is 3.49. The Morgan fingerprint density at radius 1 is 1.24 bits per heavy atom. The fourth-order valence-electron chi connectivity index (χ4n) is 1.41. The quantitative estimate of drug-likeness (QED) is 0.840. The average Bonchev–Trinajstić information content (AvgIpc) is 2.31. The molecule has 0 amide bonds. The van der Waals surface area contributed by atoms with E-state index in [0.29, 0.717) is 17.4 Å². The van der Waals surface area contributed by atoms with Gasteiger partial charge in [0.25, 0.3) is 0 Å². The van der Waals surface area contributed by atoms with E-state index in [2.05, 4.69) is 0 Å². The molecule has 0 fully saturated rings. The summed E-state index contributed by atoms with van der Waals surface area (Å²) in [5.41, 5.74) is 0.764. The molecule has 0 saturated heterocycles. The summed E-state index contributed by atoms with van der Waals surface area (Å²) in [6, 6.07) is 8.59. The summed E-state index contributed by atoms with van der Waals surface area (Å²) in [5.74, 6) is 0.730. The van der Waals surface area contributed by atoms with Crippen LogP contribution in [0.1, 0.15) is 11.3 Å². The highest BCUT2D eigenvalue weighted by Gasteiger charge is 2.06. The van der Waals surface area contributed by atoms with Crippen LogP contribution < -0.4 is 10.2 Å². The van der Waals surface area contributed by atoms with Gasteiger partial charge in [-0.2, -0.15) is 0 Å². The predicted molar refractivity (Wildman–Crippen MR) is 65.5 cm³/mol. The third kappa shape index (κ3) is 2.88. The van der Waals surface area contributed by atoms with Crippen LogP contribution in [0.4, 0.5) is 0 Å². The molecule has 0 aliphatic rings. The zero-order chi connectivity index (χ0) is 12.3. The van der Waals surface area contributed by atoms with E-state index < -0.39 is 0 Å². The van der Waals surface area contributed by atoms with Crippen LogP contribution in [0, 0.1) is 6.92 Å². The van der Waals surface area contributed by atoms with Crippen molar-refractivity contribution < 1.29 is 9.15 Å². The van der Waals surface area contributed by atoms with Crippen molar-refractivity contribution in [3.63, 3.8) is 0 Å². The molecule has 0 aliphatic carbocycles. The van der Waals surface area contributed by atoms with Crippen molar-refractivity contribution in [3.8, 4) is 5.75 Å². The van der Waals surface area contributed by atoms with Crippen LogP contribution in [0.3, 0.4) is 0 Å². The second kappa shape index (κ2) is 5.06. The van der Waals surface area contributed by atoms with Crippen molar-refractivity contribution in [3.05, 3.63) is 63.2 Å². The van der Waals surface area contributed by atoms with Crippen LogP contribution in [0.25, 0.3) is 0 Å². The van der Waals surface area contributed by atoms with Crippen molar-refractivity contribution in [2.45, 2.75) is 13.5 Å². The third-order valence-electron chi connectivity index (χ3n) is 2.30. The molecule has 0 atom stereocenters. The van der Waals surface area contributed by atoms with E-state index >= 15 is 0 Å². The molecule has 3 nitrogen and oxygen atoms in total. The Morgan fingerprint density at radius 3 is 2.59 bits per heavy atom. The summed E-state index contributed by atoms with van der Waals surface area (Å²) in [7, 11) is 0. The van der Waals surface area contributed by atoms with Crippen molar-refractivity contribution in [1.29, 1.82) is 0 Å². The van der Waals surface area contributed by atoms with E-state index in [4.69, 9.17) is 20.8 Å². The number of hydrogen-bond acceptors (Lipinski definition) is 3. The van der Waals surface area contributed by atoms with E-state index in [1.54, 1.807) is 19.1 Å². The highest BCUT2D eigenvalue weighted by molar-refractivity contribution is 6.30. The molecule has 1 heterocycles. The van der Waals surface area contributed by atoms with Gasteiger partial charge in [0, 0.05) is 11.1 Å². The Morgan fingerprint density at radius 2 is 1.94 bits per heavy atom. The lowest BCUT2D eigenvalue weighted by Gasteiger charge is -2.06. The van der Waals surface area contributed by atoms with E-state index in [0.717, 1.165) is 5.56 Å². The third-order valence-corrected chi connectivity index (χ3v) is 2.56. The van der Waals surface area contributed by atoms with E-state index in [-0.39, 0.29) is 11.2 Å². The first-order valence-electron chi connectivity index (χ1n) is 5.12. The van der Waals surface area contributed by atoms with Gasteiger partial charge in [-0.05, 0) is 24.6 Å². The normalized spacial score (nSPS) is 10.2. The van der Waals surface area contributed by atoms with Crippen molar-refractivity contribution >= 4 is 11.6 Å². The lowest BCUT2D eigenvalue weighted by atomic mass is 10.2. The van der Waals surface area contributed by atoms with Crippen LogP contribution in [-0.4, -0.2) is 0 Å². The Bertz CT molecular complexity index is 558. The molecule has 2 aromatic rings. The number of aryl methyl sites for hydroxylation is 1. The van der Waals surface area contributed by atoms with Crippen molar-refractivity contribution in [1.82, 2.24) is 0 Å². The second-order valence-electron chi connectivity index (χ2n) is 3.59. The maximum Gasteiger partial charge on any atom is 0.227 e. The number of hydrogen-bond donors (Lipinski definition) is 0. The first kappa shape index (κ1) is 11.7. The van der Waals surface area contributed by atoms with Crippen molar-refractivity contribution in [2.24, 2.45) is 0 Å². The summed E-state index contributed by atoms with van der Waals surface area (Å²) in [4.78, 5) is 11.5. The summed E-state index contributed by atoms with van der Waals surface area (Å²) in [6.07, 6.45) is 1.35. The standard InChI is InChI=1S/C13H11ClO3/c1-9-13(12(15)6-7-16-9)17-8-10-2-4-11(14)5-3-10/h2-7H,8H2,1H3. The van der Waals surface area contributed by atoms with Gasteiger partial charge in [0.05, 0.1) is 6.26 Å². The highest BCUT2D eigenvalue weighted by Crippen LogP contribution is 2.14. The van der Waals surface area contributed by atoms with Gasteiger partial charge in [-0.3, -0.25) is 4.79 Å². The Balaban J connectivity index is 2.12. The molecule has 0 aliphatic heterocycles. The summed E-state index contributed by atoms with van der Waals surface area (Å²) >= 11 is 5.77. The van der Waals surface area contributed by atoms with E-state index in [1.165, 1.54) is 12.3 Å². The van der Waals surface area contributed by atoms with Gasteiger partial charge >= 0.3 is 0 Å². The maximum atomic E-state index is 11.5. The van der Waals surface area contributed by atoms with Crippen LogP contribution in [0.2, 0.25) is 5.02 Å². The highest BCUT2D eigenvalue weighted by atomic mass is 35.5. The first-order valence-corrected chi connectivity index (χ1v) is 5.50.